The zero-order chi connectivity index (χ0) is 17.6. The van der Waals surface area contributed by atoms with Crippen LogP contribution < -0.4 is 4.74 Å². The van der Waals surface area contributed by atoms with Gasteiger partial charge in [0.25, 0.3) is 0 Å². The number of para-hydroxylation sites is 1. The third kappa shape index (κ3) is 4.30. The zero-order valence-electron chi connectivity index (χ0n) is 14.5. The van der Waals surface area contributed by atoms with Crippen LogP contribution in [0.2, 0.25) is 0 Å². The number of rotatable bonds is 7. The minimum Gasteiger partial charge on any atom is -0.485 e. The molecule has 2 heterocycles. The molecule has 0 fully saturated rings. The predicted octanol–water partition coefficient (Wildman–Crippen LogP) is 4.06. The van der Waals surface area contributed by atoms with E-state index in [1.165, 1.54) is 0 Å². The van der Waals surface area contributed by atoms with Gasteiger partial charge >= 0.3 is 0 Å². The first kappa shape index (κ1) is 17.3. The number of aromatic nitrogens is 3. The summed E-state index contributed by atoms with van der Waals surface area (Å²) in [6.45, 7) is 6.33. The van der Waals surface area contributed by atoms with E-state index in [2.05, 4.69) is 22.2 Å². The van der Waals surface area contributed by atoms with Crippen LogP contribution in [0.4, 0.5) is 0 Å². The van der Waals surface area contributed by atoms with Gasteiger partial charge in [-0.2, -0.15) is 9.78 Å². The summed E-state index contributed by atoms with van der Waals surface area (Å²) in [5, 5.41) is 13.3. The van der Waals surface area contributed by atoms with Gasteiger partial charge in [0, 0.05) is 0 Å². The molecule has 7 heteroatoms. The molecule has 1 aromatic carbocycles. The summed E-state index contributed by atoms with van der Waals surface area (Å²) < 4.78 is 13.2. The molecule has 6 nitrogen and oxygen atoms in total. The van der Waals surface area contributed by atoms with Gasteiger partial charge < -0.3 is 9.15 Å². The molecule has 0 atom stereocenters. The molecule has 0 saturated heterocycles. The van der Waals surface area contributed by atoms with Gasteiger partial charge in [0.05, 0.1) is 6.21 Å². The standard InChI is InChI=1S/C18H20N4O2S/c1-4-25-18-21-20-14(3)22(18)19-11-15-9-10-16(24-15)12-23-17-8-6-5-7-13(17)2/h5-11H,4,12H2,1-3H3/b19-11-. The van der Waals surface area contributed by atoms with E-state index in [1.54, 1.807) is 22.7 Å². The van der Waals surface area contributed by atoms with Crippen LogP contribution in [0.5, 0.6) is 5.75 Å². The molecule has 0 amide bonds. The van der Waals surface area contributed by atoms with Gasteiger partial charge in [0.1, 0.15) is 23.9 Å². The molecule has 130 valence electrons. The van der Waals surface area contributed by atoms with Crippen LogP contribution in [0.25, 0.3) is 0 Å². The Morgan fingerprint density at radius 2 is 2.04 bits per heavy atom. The Labute approximate surface area is 150 Å². The third-order valence-corrected chi connectivity index (χ3v) is 4.29. The number of furan rings is 1. The molecule has 0 aliphatic carbocycles. The molecule has 0 radical (unpaired) electrons. The van der Waals surface area contributed by atoms with Gasteiger partial charge in [-0.15, -0.1) is 10.2 Å². The topological polar surface area (TPSA) is 65.4 Å². The Hall–Kier alpha value is -2.54. The van der Waals surface area contributed by atoms with Crippen molar-refractivity contribution >= 4 is 18.0 Å². The fourth-order valence-electron chi connectivity index (χ4n) is 2.21. The van der Waals surface area contributed by atoms with E-state index in [1.807, 2.05) is 50.2 Å². The first-order valence-corrected chi connectivity index (χ1v) is 9.02. The van der Waals surface area contributed by atoms with Crippen molar-refractivity contribution in [2.24, 2.45) is 5.10 Å². The summed E-state index contributed by atoms with van der Waals surface area (Å²) in [7, 11) is 0. The molecular formula is C18H20N4O2S. The molecular weight excluding hydrogens is 336 g/mol. The fourth-order valence-corrected chi connectivity index (χ4v) is 2.87. The Morgan fingerprint density at radius 3 is 2.84 bits per heavy atom. The number of nitrogens with zero attached hydrogens (tertiary/aromatic N) is 4. The first-order chi connectivity index (χ1) is 12.2. The van der Waals surface area contributed by atoms with Crippen LogP contribution in [-0.4, -0.2) is 26.8 Å². The highest BCUT2D eigenvalue weighted by Crippen LogP contribution is 2.19. The average Bonchev–Trinajstić information content (AvgIpc) is 3.20. The third-order valence-electron chi connectivity index (χ3n) is 3.49. The number of aryl methyl sites for hydroxylation is 2. The average molecular weight is 356 g/mol. The van der Waals surface area contributed by atoms with E-state index in [9.17, 15) is 0 Å². The summed E-state index contributed by atoms with van der Waals surface area (Å²) in [5.41, 5.74) is 1.10. The normalized spacial score (nSPS) is 11.3. The van der Waals surface area contributed by atoms with Crippen molar-refractivity contribution in [3.63, 3.8) is 0 Å². The molecule has 25 heavy (non-hydrogen) atoms. The summed E-state index contributed by atoms with van der Waals surface area (Å²) in [4.78, 5) is 0. The van der Waals surface area contributed by atoms with Gasteiger partial charge in [0.2, 0.25) is 5.16 Å². The van der Waals surface area contributed by atoms with Crippen LogP contribution in [0.3, 0.4) is 0 Å². The lowest BCUT2D eigenvalue weighted by Crippen LogP contribution is -1.96. The van der Waals surface area contributed by atoms with Crippen molar-refractivity contribution in [1.82, 2.24) is 14.9 Å². The Balaban J connectivity index is 1.66. The van der Waals surface area contributed by atoms with Crippen LogP contribution in [0.15, 0.2) is 51.1 Å². The highest BCUT2D eigenvalue weighted by molar-refractivity contribution is 7.99. The van der Waals surface area contributed by atoms with E-state index >= 15 is 0 Å². The minimum absolute atomic E-state index is 0.376. The summed E-state index contributed by atoms with van der Waals surface area (Å²) in [5.74, 6) is 3.91. The van der Waals surface area contributed by atoms with Crippen molar-refractivity contribution in [1.29, 1.82) is 0 Å². The van der Waals surface area contributed by atoms with Crippen LogP contribution in [0, 0.1) is 13.8 Å². The van der Waals surface area contributed by atoms with E-state index in [4.69, 9.17) is 9.15 Å². The largest absolute Gasteiger partial charge is 0.485 e. The minimum atomic E-state index is 0.376. The number of hydrogen-bond acceptors (Lipinski definition) is 6. The van der Waals surface area contributed by atoms with Crippen LogP contribution >= 0.6 is 11.8 Å². The van der Waals surface area contributed by atoms with Gasteiger partial charge in [-0.25, -0.2) is 0 Å². The van der Waals surface area contributed by atoms with Gasteiger partial charge in [-0.05, 0) is 43.4 Å². The predicted molar refractivity (Wildman–Crippen MR) is 98.4 cm³/mol. The van der Waals surface area contributed by atoms with Crippen molar-refractivity contribution in [3.05, 3.63) is 59.3 Å². The second kappa shape index (κ2) is 8.02. The lowest BCUT2D eigenvalue weighted by atomic mass is 10.2. The number of ether oxygens (including phenoxy) is 1. The fraction of sp³-hybridized carbons (Fsp3) is 0.278. The molecule has 0 N–H and O–H groups in total. The maximum atomic E-state index is 5.79. The smallest absolute Gasteiger partial charge is 0.212 e. The Morgan fingerprint density at radius 1 is 1.20 bits per heavy atom. The number of hydrogen-bond donors (Lipinski definition) is 0. The Kier molecular flexibility index (Phi) is 5.55. The molecule has 0 unspecified atom stereocenters. The molecule has 2 aromatic heterocycles. The molecule has 0 bridgehead atoms. The number of benzene rings is 1. The van der Waals surface area contributed by atoms with E-state index in [-0.39, 0.29) is 0 Å². The molecule has 0 saturated carbocycles. The monoisotopic (exact) mass is 356 g/mol. The quantitative estimate of drug-likeness (QED) is 0.472. The van der Waals surface area contributed by atoms with Crippen molar-refractivity contribution in [2.75, 3.05) is 5.75 Å². The van der Waals surface area contributed by atoms with E-state index in [0.717, 1.165) is 33.8 Å². The molecule has 3 rings (SSSR count). The second-order valence-corrected chi connectivity index (χ2v) is 6.61. The summed E-state index contributed by atoms with van der Waals surface area (Å²) in [6.07, 6.45) is 1.66. The lowest BCUT2D eigenvalue weighted by Gasteiger charge is -2.06. The highest BCUT2D eigenvalue weighted by atomic mass is 32.2. The SMILES string of the molecule is CCSc1nnc(C)n1/N=C\c1ccc(COc2ccccc2C)o1. The van der Waals surface area contributed by atoms with Crippen molar-refractivity contribution in [2.45, 2.75) is 32.5 Å². The highest BCUT2D eigenvalue weighted by Gasteiger charge is 2.08. The zero-order valence-corrected chi connectivity index (χ0v) is 15.3. The molecule has 0 spiro atoms. The maximum Gasteiger partial charge on any atom is 0.212 e. The van der Waals surface area contributed by atoms with Gasteiger partial charge in [0.15, 0.2) is 5.82 Å². The van der Waals surface area contributed by atoms with Crippen LogP contribution in [-0.2, 0) is 6.61 Å². The van der Waals surface area contributed by atoms with Gasteiger partial charge in [-0.1, -0.05) is 36.9 Å². The van der Waals surface area contributed by atoms with Gasteiger partial charge in [-0.3, -0.25) is 0 Å². The Bertz CT molecular complexity index is 870. The molecule has 0 aliphatic rings. The van der Waals surface area contributed by atoms with Crippen molar-refractivity contribution in [3.8, 4) is 5.75 Å². The second-order valence-electron chi connectivity index (χ2n) is 5.38. The summed E-state index contributed by atoms with van der Waals surface area (Å²) >= 11 is 1.60. The van der Waals surface area contributed by atoms with E-state index in [0.29, 0.717) is 12.4 Å². The number of thioether (sulfide) groups is 1. The molecule has 0 aliphatic heterocycles. The first-order valence-electron chi connectivity index (χ1n) is 8.03. The van der Waals surface area contributed by atoms with E-state index < -0.39 is 0 Å². The lowest BCUT2D eigenvalue weighted by molar-refractivity contribution is 0.268. The van der Waals surface area contributed by atoms with Crippen LogP contribution in [0.1, 0.15) is 29.8 Å². The maximum absolute atomic E-state index is 5.79. The summed E-state index contributed by atoms with van der Waals surface area (Å²) in [6, 6.07) is 11.7. The molecule has 3 aromatic rings. The van der Waals surface area contributed by atoms with Crippen molar-refractivity contribution < 1.29 is 9.15 Å².